The lowest BCUT2D eigenvalue weighted by Crippen LogP contribution is -2.49. The second-order valence-corrected chi connectivity index (χ2v) is 8.02. The summed E-state index contributed by atoms with van der Waals surface area (Å²) in [4.78, 5) is 17.2. The number of piperazine rings is 1. The van der Waals surface area contributed by atoms with E-state index in [1.165, 1.54) is 11.1 Å². The number of hydrogen-bond acceptors (Lipinski definition) is 4. The van der Waals surface area contributed by atoms with E-state index in [1.54, 1.807) is 0 Å². The number of nitrogens with one attached hydrogen (secondary N) is 1. The first-order valence-corrected chi connectivity index (χ1v) is 10.3. The van der Waals surface area contributed by atoms with Crippen LogP contribution < -0.4 is 5.32 Å². The van der Waals surface area contributed by atoms with Gasteiger partial charge >= 0.3 is 0 Å². The van der Waals surface area contributed by atoms with Gasteiger partial charge in [0.2, 0.25) is 5.91 Å². The normalized spacial score (nSPS) is 16.8. The molecule has 1 fully saturated rings. The summed E-state index contributed by atoms with van der Waals surface area (Å²) in [6, 6.07) is 18.5. The number of benzene rings is 2. The maximum Gasteiger partial charge on any atom is 0.234 e. The molecule has 1 amide bonds. The highest BCUT2D eigenvalue weighted by atomic mass is 16.3. The molecule has 2 heterocycles. The number of para-hydroxylation sites is 1. The van der Waals surface area contributed by atoms with Crippen molar-refractivity contribution in [3.8, 4) is 0 Å². The molecule has 1 N–H and O–H groups in total. The number of rotatable bonds is 6. The van der Waals surface area contributed by atoms with Gasteiger partial charge in [-0.3, -0.25) is 14.6 Å². The Balaban J connectivity index is 1.24. The van der Waals surface area contributed by atoms with Crippen LogP contribution in [0.1, 0.15) is 29.9 Å². The van der Waals surface area contributed by atoms with Crippen LogP contribution >= 0.6 is 0 Å². The van der Waals surface area contributed by atoms with Gasteiger partial charge in [0.15, 0.2) is 0 Å². The van der Waals surface area contributed by atoms with Crippen LogP contribution in [-0.2, 0) is 11.3 Å². The highest BCUT2D eigenvalue weighted by Gasteiger charge is 2.21. The monoisotopic (exact) mass is 391 g/mol. The number of nitrogens with zero attached hydrogens (tertiary/aromatic N) is 2. The third-order valence-electron chi connectivity index (χ3n) is 5.57. The first kappa shape index (κ1) is 19.7. The molecule has 1 unspecified atom stereocenters. The van der Waals surface area contributed by atoms with Gasteiger partial charge in [-0.2, -0.15) is 0 Å². The van der Waals surface area contributed by atoms with Crippen LogP contribution in [0.15, 0.2) is 59.0 Å². The molecule has 29 heavy (non-hydrogen) atoms. The quantitative estimate of drug-likeness (QED) is 0.696. The molecule has 5 heteroatoms. The van der Waals surface area contributed by atoms with Crippen LogP contribution in [0.3, 0.4) is 0 Å². The van der Waals surface area contributed by atoms with Gasteiger partial charge < -0.3 is 9.73 Å². The summed E-state index contributed by atoms with van der Waals surface area (Å²) in [6.45, 7) is 9.31. The van der Waals surface area contributed by atoms with Crippen LogP contribution in [0, 0.1) is 6.92 Å². The Morgan fingerprint density at radius 3 is 2.55 bits per heavy atom. The number of aryl methyl sites for hydroxylation is 1. The van der Waals surface area contributed by atoms with Crippen molar-refractivity contribution in [2.75, 3.05) is 32.7 Å². The molecule has 0 aliphatic carbocycles. The molecule has 1 saturated heterocycles. The highest BCUT2D eigenvalue weighted by molar-refractivity contribution is 5.80. The minimum Gasteiger partial charge on any atom is -0.459 e. The maximum atomic E-state index is 12.5. The van der Waals surface area contributed by atoms with Crippen molar-refractivity contribution in [3.63, 3.8) is 0 Å². The Labute approximate surface area is 172 Å². The van der Waals surface area contributed by atoms with E-state index in [-0.39, 0.29) is 11.9 Å². The molecule has 1 aliphatic rings. The molecule has 2 aromatic carbocycles. The summed E-state index contributed by atoms with van der Waals surface area (Å²) in [5.41, 5.74) is 3.51. The zero-order valence-electron chi connectivity index (χ0n) is 17.2. The molecular weight excluding hydrogens is 362 g/mol. The van der Waals surface area contributed by atoms with Crippen molar-refractivity contribution in [2.45, 2.75) is 26.4 Å². The minimum absolute atomic E-state index is 0.0464. The number of furan rings is 1. The predicted octanol–water partition coefficient (Wildman–Crippen LogP) is 3.74. The maximum absolute atomic E-state index is 12.5. The van der Waals surface area contributed by atoms with Crippen LogP contribution in [0.4, 0.5) is 0 Å². The second kappa shape index (κ2) is 8.80. The van der Waals surface area contributed by atoms with Crippen molar-refractivity contribution in [1.29, 1.82) is 0 Å². The summed E-state index contributed by atoms with van der Waals surface area (Å²) in [6.07, 6.45) is 0. The highest BCUT2D eigenvalue weighted by Crippen LogP contribution is 2.23. The van der Waals surface area contributed by atoms with Gasteiger partial charge in [0.25, 0.3) is 0 Å². The Kier molecular flexibility index (Phi) is 5.97. The third kappa shape index (κ3) is 5.05. The lowest BCUT2D eigenvalue weighted by molar-refractivity contribution is -0.123. The van der Waals surface area contributed by atoms with Crippen molar-refractivity contribution >= 4 is 16.9 Å². The fourth-order valence-electron chi connectivity index (χ4n) is 3.95. The van der Waals surface area contributed by atoms with E-state index in [4.69, 9.17) is 4.42 Å². The molecular formula is C24H29N3O2. The second-order valence-electron chi connectivity index (χ2n) is 8.02. The summed E-state index contributed by atoms with van der Waals surface area (Å²) < 4.78 is 5.86. The largest absolute Gasteiger partial charge is 0.459 e. The molecule has 0 spiro atoms. The lowest BCUT2D eigenvalue weighted by Gasteiger charge is -2.34. The Morgan fingerprint density at radius 2 is 1.79 bits per heavy atom. The predicted molar refractivity (Wildman–Crippen MR) is 116 cm³/mol. The fourth-order valence-corrected chi connectivity index (χ4v) is 3.95. The number of fused-ring (bicyclic) bond motifs is 1. The minimum atomic E-state index is -0.141. The zero-order chi connectivity index (χ0) is 20.2. The average Bonchev–Trinajstić information content (AvgIpc) is 3.14. The molecule has 3 aromatic rings. The topological polar surface area (TPSA) is 48.7 Å². The van der Waals surface area contributed by atoms with E-state index < -0.39 is 0 Å². The van der Waals surface area contributed by atoms with Crippen LogP contribution in [-0.4, -0.2) is 48.4 Å². The van der Waals surface area contributed by atoms with E-state index in [9.17, 15) is 4.79 Å². The SMILES string of the molecule is Cc1cccc(CN2CCN(CC(=O)NC(C)c3cc4ccccc4o3)CC2)c1. The molecule has 5 nitrogen and oxygen atoms in total. The molecule has 1 aromatic heterocycles. The lowest BCUT2D eigenvalue weighted by atomic mass is 10.1. The molecule has 1 aliphatic heterocycles. The van der Waals surface area contributed by atoms with Gasteiger partial charge in [0.1, 0.15) is 11.3 Å². The number of hydrogen-bond donors (Lipinski definition) is 1. The van der Waals surface area contributed by atoms with Crippen molar-refractivity contribution in [2.24, 2.45) is 0 Å². The molecule has 4 rings (SSSR count). The van der Waals surface area contributed by atoms with Crippen molar-refractivity contribution in [1.82, 2.24) is 15.1 Å². The summed E-state index contributed by atoms with van der Waals surface area (Å²) in [5.74, 6) is 0.840. The van der Waals surface area contributed by atoms with E-state index >= 15 is 0 Å². The first-order valence-electron chi connectivity index (χ1n) is 10.3. The van der Waals surface area contributed by atoms with Crippen LogP contribution in [0.5, 0.6) is 0 Å². The number of carbonyl (C=O) groups excluding carboxylic acids is 1. The Morgan fingerprint density at radius 1 is 1.03 bits per heavy atom. The van der Waals surface area contributed by atoms with Gasteiger partial charge in [-0.25, -0.2) is 0 Å². The van der Waals surface area contributed by atoms with Crippen LogP contribution in [0.25, 0.3) is 11.0 Å². The Bertz CT molecular complexity index is 940. The van der Waals surface area contributed by atoms with Gasteiger partial charge in [0, 0.05) is 38.1 Å². The fraction of sp³-hybridized carbons (Fsp3) is 0.375. The standard InChI is InChI=1S/C24H29N3O2/c1-18-6-5-7-20(14-18)16-26-10-12-27(13-11-26)17-24(28)25-19(2)23-15-21-8-3-4-9-22(21)29-23/h3-9,14-15,19H,10-13,16-17H2,1-2H3,(H,25,28). The van der Waals surface area contributed by atoms with E-state index in [0.29, 0.717) is 6.54 Å². The Hall–Kier alpha value is -2.63. The molecule has 1 atom stereocenters. The van der Waals surface area contributed by atoms with Crippen molar-refractivity contribution in [3.05, 3.63) is 71.5 Å². The third-order valence-corrected chi connectivity index (χ3v) is 5.57. The van der Waals surface area contributed by atoms with E-state index in [2.05, 4.69) is 46.3 Å². The van der Waals surface area contributed by atoms with Gasteiger partial charge in [-0.15, -0.1) is 0 Å². The first-order chi connectivity index (χ1) is 14.1. The molecule has 0 saturated carbocycles. The summed E-state index contributed by atoms with van der Waals surface area (Å²) >= 11 is 0. The molecule has 0 radical (unpaired) electrons. The van der Waals surface area contributed by atoms with E-state index in [1.807, 2.05) is 37.3 Å². The van der Waals surface area contributed by atoms with Gasteiger partial charge in [-0.05, 0) is 31.5 Å². The summed E-state index contributed by atoms with van der Waals surface area (Å²) in [7, 11) is 0. The van der Waals surface area contributed by atoms with Crippen LogP contribution in [0.2, 0.25) is 0 Å². The summed E-state index contributed by atoms with van der Waals surface area (Å²) in [5, 5.41) is 4.14. The smallest absolute Gasteiger partial charge is 0.234 e. The number of amides is 1. The molecule has 152 valence electrons. The average molecular weight is 392 g/mol. The van der Waals surface area contributed by atoms with E-state index in [0.717, 1.165) is 49.5 Å². The van der Waals surface area contributed by atoms with Gasteiger partial charge in [0.05, 0.1) is 12.6 Å². The number of carbonyl (C=O) groups is 1. The molecule has 0 bridgehead atoms. The zero-order valence-corrected chi connectivity index (χ0v) is 17.2. The van der Waals surface area contributed by atoms with Gasteiger partial charge in [-0.1, -0.05) is 48.0 Å². The van der Waals surface area contributed by atoms with Crippen molar-refractivity contribution < 1.29 is 9.21 Å².